The quantitative estimate of drug-likeness (QED) is 0.399. The fourth-order valence-corrected chi connectivity index (χ4v) is 2.95. The van der Waals surface area contributed by atoms with E-state index in [1.54, 1.807) is 18.2 Å². The third-order valence-electron chi connectivity index (χ3n) is 1.85. The highest BCUT2D eigenvalue weighted by Gasteiger charge is 2.31. The summed E-state index contributed by atoms with van der Waals surface area (Å²) in [6.45, 7) is 0. The van der Waals surface area contributed by atoms with E-state index in [0.717, 1.165) is 5.56 Å². The molecule has 0 aromatic heterocycles. The first-order valence-electron chi connectivity index (χ1n) is 4.53. The van der Waals surface area contributed by atoms with Crippen LogP contribution in [0.3, 0.4) is 0 Å². The number of hydrogen-bond donors (Lipinski definition) is 0. The molecule has 0 bridgehead atoms. The van der Waals surface area contributed by atoms with Crippen LogP contribution in [0.4, 0.5) is 13.2 Å². The number of benzene rings is 1. The maximum Gasteiger partial charge on any atom is 0.446 e. The molecular weight excluding hydrogens is 372 g/mol. The van der Waals surface area contributed by atoms with E-state index in [1.165, 1.54) is 0 Å². The minimum atomic E-state index is -4.24. The molecule has 0 aliphatic carbocycles. The first-order valence-corrected chi connectivity index (χ1v) is 6.96. The zero-order valence-corrected chi connectivity index (χ0v) is 11.9. The lowest BCUT2D eigenvalue weighted by atomic mass is 10.1. The van der Waals surface area contributed by atoms with Crippen LogP contribution < -0.4 is 0 Å². The Balaban J connectivity index is 2.94. The summed E-state index contributed by atoms with van der Waals surface area (Å²) in [4.78, 5) is 0.306. The van der Waals surface area contributed by atoms with Crippen molar-refractivity contribution in [3.8, 4) is 0 Å². The van der Waals surface area contributed by atoms with Gasteiger partial charge in [0.15, 0.2) is 0 Å². The molecule has 0 unspecified atom stereocenters. The standard InChI is InChI=1S/C10H9ClF3IS/c11-6-2-4-7-3-1-5-8(15)9(7)16-10(12,13)14/h1,3,5H,2,4,6H2. The summed E-state index contributed by atoms with van der Waals surface area (Å²) in [6.07, 6.45) is 1.27. The summed E-state index contributed by atoms with van der Waals surface area (Å²) in [5.41, 5.74) is -3.52. The van der Waals surface area contributed by atoms with E-state index < -0.39 is 5.51 Å². The van der Waals surface area contributed by atoms with Gasteiger partial charge in [-0.1, -0.05) is 12.1 Å². The lowest BCUT2D eigenvalue weighted by molar-refractivity contribution is -0.0328. The van der Waals surface area contributed by atoms with Gasteiger partial charge in [-0.05, 0) is 58.8 Å². The van der Waals surface area contributed by atoms with Crippen LogP contribution in [-0.4, -0.2) is 11.4 Å². The maximum atomic E-state index is 12.4. The van der Waals surface area contributed by atoms with Gasteiger partial charge in [-0.3, -0.25) is 0 Å². The average Bonchev–Trinajstić information content (AvgIpc) is 2.17. The second-order valence-electron chi connectivity index (χ2n) is 3.07. The molecule has 1 aromatic rings. The maximum absolute atomic E-state index is 12.4. The van der Waals surface area contributed by atoms with E-state index >= 15 is 0 Å². The molecule has 0 aliphatic heterocycles. The second kappa shape index (κ2) is 6.35. The molecule has 90 valence electrons. The summed E-state index contributed by atoms with van der Waals surface area (Å²) >= 11 is 7.42. The second-order valence-corrected chi connectivity index (χ2v) is 5.68. The van der Waals surface area contributed by atoms with E-state index in [1.807, 2.05) is 22.6 Å². The molecule has 1 aromatic carbocycles. The molecule has 0 amide bonds. The number of alkyl halides is 4. The molecule has 0 radical (unpaired) electrons. The molecule has 0 atom stereocenters. The molecule has 0 nitrogen and oxygen atoms in total. The Morgan fingerprint density at radius 3 is 2.56 bits per heavy atom. The summed E-state index contributed by atoms with van der Waals surface area (Å²) in [5.74, 6) is 0.460. The summed E-state index contributed by atoms with van der Waals surface area (Å²) in [5, 5.41) is 0. The first kappa shape index (κ1) is 14.4. The SMILES string of the molecule is FC(F)(F)Sc1c(I)cccc1CCCCl. The predicted octanol–water partition coefficient (Wildman–Crippen LogP) is 5.07. The van der Waals surface area contributed by atoms with Gasteiger partial charge in [0.25, 0.3) is 0 Å². The van der Waals surface area contributed by atoms with Gasteiger partial charge in [-0.15, -0.1) is 11.6 Å². The van der Waals surface area contributed by atoms with Crippen molar-refractivity contribution in [2.45, 2.75) is 23.2 Å². The number of rotatable bonds is 4. The molecule has 0 fully saturated rings. The first-order chi connectivity index (χ1) is 7.44. The summed E-state index contributed by atoms with van der Waals surface area (Å²) in [7, 11) is 0. The van der Waals surface area contributed by atoms with Crippen molar-refractivity contribution >= 4 is 46.0 Å². The minimum absolute atomic E-state index is 0.0462. The summed E-state index contributed by atoms with van der Waals surface area (Å²) < 4.78 is 37.7. The van der Waals surface area contributed by atoms with Crippen LogP contribution in [0.15, 0.2) is 23.1 Å². The Labute approximate surface area is 115 Å². The van der Waals surface area contributed by atoms with Crippen molar-refractivity contribution in [3.05, 3.63) is 27.3 Å². The van der Waals surface area contributed by atoms with Gasteiger partial charge in [-0.25, -0.2) is 0 Å². The summed E-state index contributed by atoms with van der Waals surface area (Å²) in [6, 6.07) is 5.17. The lowest BCUT2D eigenvalue weighted by Crippen LogP contribution is -2.03. The van der Waals surface area contributed by atoms with E-state index in [4.69, 9.17) is 11.6 Å². The zero-order chi connectivity index (χ0) is 12.2. The number of hydrogen-bond acceptors (Lipinski definition) is 1. The highest BCUT2D eigenvalue weighted by Crippen LogP contribution is 2.41. The Bertz CT molecular complexity index is 354. The monoisotopic (exact) mass is 380 g/mol. The fraction of sp³-hybridized carbons (Fsp3) is 0.400. The molecule has 16 heavy (non-hydrogen) atoms. The van der Waals surface area contributed by atoms with Gasteiger partial charge in [0.2, 0.25) is 0 Å². The zero-order valence-electron chi connectivity index (χ0n) is 8.15. The van der Waals surface area contributed by atoms with Crippen LogP contribution in [0.25, 0.3) is 0 Å². The molecule has 1 rings (SSSR count). The van der Waals surface area contributed by atoms with E-state index in [2.05, 4.69) is 0 Å². The normalized spacial score (nSPS) is 11.8. The largest absolute Gasteiger partial charge is 0.446 e. The van der Waals surface area contributed by atoms with Crippen molar-refractivity contribution < 1.29 is 13.2 Å². The van der Waals surface area contributed by atoms with Gasteiger partial charge < -0.3 is 0 Å². The smallest absolute Gasteiger partial charge is 0.160 e. The average molecular weight is 381 g/mol. The molecule has 0 N–H and O–H groups in total. The van der Waals surface area contributed by atoms with Crippen LogP contribution in [0.1, 0.15) is 12.0 Å². The Kier molecular flexibility index (Phi) is 5.73. The van der Waals surface area contributed by atoms with Crippen molar-refractivity contribution in [2.75, 3.05) is 5.88 Å². The molecule has 0 aliphatic rings. The van der Waals surface area contributed by atoms with Crippen molar-refractivity contribution in [2.24, 2.45) is 0 Å². The number of thioether (sulfide) groups is 1. The molecule has 0 saturated carbocycles. The van der Waals surface area contributed by atoms with Crippen LogP contribution >= 0.6 is 46.0 Å². The van der Waals surface area contributed by atoms with E-state index in [9.17, 15) is 13.2 Å². The van der Waals surface area contributed by atoms with E-state index in [0.29, 0.717) is 27.2 Å². The lowest BCUT2D eigenvalue weighted by Gasteiger charge is -2.12. The van der Waals surface area contributed by atoms with Crippen molar-refractivity contribution in [3.63, 3.8) is 0 Å². The van der Waals surface area contributed by atoms with Crippen LogP contribution in [0.2, 0.25) is 0 Å². The van der Waals surface area contributed by atoms with Gasteiger partial charge in [0, 0.05) is 14.3 Å². The predicted molar refractivity (Wildman–Crippen MR) is 70.1 cm³/mol. The van der Waals surface area contributed by atoms with E-state index in [-0.39, 0.29) is 11.8 Å². The fourth-order valence-electron chi connectivity index (χ4n) is 1.24. The van der Waals surface area contributed by atoms with Crippen molar-refractivity contribution in [1.29, 1.82) is 0 Å². The Hall–Kier alpha value is 0.380. The van der Waals surface area contributed by atoms with Gasteiger partial charge in [0.05, 0.1) is 0 Å². The third kappa shape index (κ3) is 4.71. The molecule has 0 saturated heterocycles. The molecule has 0 spiro atoms. The molecule has 6 heteroatoms. The molecule has 0 heterocycles. The van der Waals surface area contributed by atoms with Crippen LogP contribution in [0.5, 0.6) is 0 Å². The van der Waals surface area contributed by atoms with Crippen LogP contribution in [0, 0.1) is 3.57 Å². The van der Waals surface area contributed by atoms with Gasteiger partial charge in [-0.2, -0.15) is 13.2 Å². The van der Waals surface area contributed by atoms with Crippen molar-refractivity contribution in [1.82, 2.24) is 0 Å². The highest BCUT2D eigenvalue weighted by atomic mass is 127. The van der Waals surface area contributed by atoms with Crippen LogP contribution in [-0.2, 0) is 6.42 Å². The van der Waals surface area contributed by atoms with Gasteiger partial charge in [0.1, 0.15) is 0 Å². The highest BCUT2D eigenvalue weighted by molar-refractivity contribution is 14.1. The Morgan fingerprint density at radius 1 is 1.31 bits per heavy atom. The number of aryl methyl sites for hydroxylation is 1. The minimum Gasteiger partial charge on any atom is -0.160 e. The third-order valence-corrected chi connectivity index (χ3v) is 4.30. The number of halogens is 5. The Morgan fingerprint density at radius 2 is 2.00 bits per heavy atom. The topological polar surface area (TPSA) is 0 Å². The van der Waals surface area contributed by atoms with Gasteiger partial charge >= 0.3 is 5.51 Å². The molecular formula is C10H9ClF3IS.